The number of amides is 1. The first-order valence-electron chi connectivity index (χ1n) is 9.37. The quantitative estimate of drug-likeness (QED) is 0.590. The van der Waals surface area contributed by atoms with Gasteiger partial charge in [0, 0.05) is 16.8 Å². The van der Waals surface area contributed by atoms with Crippen LogP contribution in [0.25, 0.3) is 11.0 Å². The van der Waals surface area contributed by atoms with Crippen molar-refractivity contribution in [1.82, 2.24) is 4.90 Å². The fourth-order valence-corrected chi connectivity index (χ4v) is 4.78. The highest BCUT2D eigenvalue weighted by Gasteiger charge is 2.45. The first-order valence-corrected chi connectivity index (χ1v) is 10.2. The summed E-state index contributed by atoms with van der Waals surface area (Å²) in [5, 5.41) is 13.3. The number of ketones is 1. The molecule has 3 aromatic rings. The van der Waals surface area contributed by atoms with E-state index < -0.39 is 23.5 Å². The zero-order valence-electron chi connectivity index (χ0n) is 16.4. The van der Waals surface area contributed by atoms with Gasteiger partial charge in [0.15, 0.2) is 22.9 Å². The molecule has 7 heteroatoms. The molecule has 0 radical (unpaired) electrons. The van der Waals surface area contributed by atoms with Crippen molar-refractivity contribution >= 4 is 34.0 Å². The number of hydrogen-bond donors (Lipinski definition) is 1. The molecule has 1 aromatic carbocycles. The number of Topliss-reactive ketones (excluding diaryl/α,β-unsaturated/α-hetero) is 1. The maximum absolute atomic E-state index is 13.4. The van der Waals surface area contributed by atoms with Gasteiger partial charge in [-0.15, -0.1) is 11.3 Å². The molecule has 1 aliphatic heterocycles. The summed E-state index contributed by atoms with van der Waals surface area (Å²) >= 11 is 1.47. The third-order valence-electron chi connectivity index (χ3n) is 5.11. The maximum atomic E-state index is 13.4. The molecule has 0 fully saturated rings. The SMILES string of the molecule is CCCN1C(=O)C(O)=C(C(=O)c2cc3cccc(OC)c3o2)C1c1sccc1C. The molecule has 150 valence electrons. The average molecular weight is 411 g/mol. The van der Waals surface area contributed by atoms with Gasteiger partial charge in [0.1, 0.15) is 0 Å². The lowest BCUT2D eigenvalue weighted by atomic mass is 9.98. The van der Waals surface area contributed by atoms with E-state index in [0.29, 0.717) is 29.7 Å². The molecule has 1 atom stereocenters. The number of fused-ring (bicyclic) bond motifs is 1. The zero-order chi connectivity index (χ0) is 20.7. The van der Waals surface area contributed by atoms with E-state index in [4.69, 9.17) is 9.15 Å². The first kappa shape index (κ1) is 19.3. The Morgan fingerprint density at radius 3 is 2.79 bits per heavy atom. The average Bonchev–Trinajstić information content (AvgIpc) is 3.40. The molecule has 0 saturated heterocycles. The van der Waals surface area contributed by atoms with Crippen molar-refractivity contribution in [2.24, 2.45) is 0 Å². The predicted molar refractivity (Wildman–Crippen MR) is 111 cm³/mol. The summed E-state index contributed by atoms with van der Waals surface area (Å²) in [6, 6.07) is 8.31. The van der Waals surface area contributed by atoms with Crippen LogP contribution in [0.2, 0.25) is 0 Å². The number of methoxy groups -OCH3 is 1. The van der Waals surface area contributed by atoms with E-state index >= 15 is 0 Å². The molecule has 2 aromatic heterocycles. The molecule has 0 aliphatic carbocycles. The fourth-order valence-electron chi connectivity index (χ4n) is 3.74. The van der Waals surface area contributed by atoms with Crippen LogP contribution >= 0.6 is 11.3 Å². The molecule has 0 spiro atoms. The Morgan fingerprint density at radius 1 is 1.34 bits per heavy atom. The Balaban J connectivity index is 1.84. The van der Waals surface area contributed by atoms with Gasteiger partial charge in [0.2, 0.25) is 5.78 Å². The fraction of sp³-hybridized carbons (Fsp3) is 0.273. The van der Waals surface area contributed by atoms with Crippen LogP contribution < -0.4 is 4.74 Å². The number of hydrogen-bond acceptors (Lipinski definition) is 6. The lowest BCUT2D eigenvalue weighted by Crippen LogP contribution is -2.31. The highest BCUT2D eigenvalue weighted by molar-refractivity contribution is 7.10. The van der Waals surface area contributed by atoms with Gasteiger partial charge in [0.05, 0.1) is 18.7 Å². The van der Waals surface area contributed by atoms with E-state index in [0.717, 1.165) is 10.4 Å². The Morgan fingerprint density at radius 2 is 2.14 bits per heavy atom. The van der Waals surface area contributed by atoms with Crippen molar-refractivity contribution < 1.29 is 23.8 Å². The lowest BCUT2D eigenvalue weighted by Gasteiger charge is -2.25. The highest BCUT2D eigenvalue weighted by atomic mass is 32.1. The topological polar surface area (TPSA) is 80.0 Å². The summed E-state index contributed by atoms with van der Waals surface area (Å²) in [7, 11) is 1.53. The number of carbonyl (C=O) groups excluding carboxylic acids is 2. The van der Waals surface area contributed by atoms with Gasteiger partial charge in [-0.3, -0.25) is 9.59 Å². The minimum Gasteiger partial charge on any atom is -0.503 e. The van der Waals surface area contributed by atoms with Crippen LogP contribution in [0, 0.1) is 6.92 Å². The third kappa shape index (κ3) is 3.02. The molecule has 0 bridgehead atoms. The number of nitrogens with zero attached hydrogens (tertiary/aromatic N) is 1. The number of aliphatic hydroxyl groups excluding tert-OH is 1. The van der Waals surface area contributed by atoms with Gasteiger partial charge in [-0.25, -0.2) is 0 Å². The van der Waals surface area contributed by atoms with Gasteiger partial charge in [0.25, 0.3) is 5.91 Å². The smallest absolute Gasteiger partial charge is 0.290 e. The minimum absolute atomic E-state index is 0.0621. The van der Waals surface area contributed by atoms with Gasteiger partial charge < -0.3 is 19.2 Å². The molecule has 1 unspecified atom stereocenters. The second-order valence-corrected chi connectivity index (χ2v) is 7.90. The summed E-state index contributed by atoms with van der Waals surface area (Å²) in [4.78, 5) is 28.6. The van der Waals surface area contributed by atoms with E-state index in [1.165, 1.54) is 18.4 Å². The van der Waals surface area contributed by atoms with E-state index in [1.807, 2.05) is 37.4 Å². The van der Waals surface area contributed by atoms with Gasteiger partial charge in [-0.05, 0) is 42.5 Å². The van der Waals surface area contributed by atoms with Gasteiger partial charge >= 0.3 is 0 Å². The summed E-state index contributed by atoms with van der Waals surface area (Å²) in [5.41, 5.74) is 1.49. The maximum Gasteiger partial charge on any atom is 0.290 e. The number of aryl methyl sites for hydroxylation is 1. The lowest BCUT2D eigenvalue weighted by molar-refractivity contribution is -0.129. The molecule has 1 N–H and O–H groups in total. The van der Waals surface area contributed by atoms with Gasteiger partial charge in [-0.1, -0.05) is 19.1 Å². The molecule has 0 saturated carbocycles. The normalized spacial score (nSPS) is 16.9. The summed E-state index contributed by atoms with van der Waals surface area (Å²) in [6.45, 7) is 4.33. The second-order valence-electron chi connectivity index (χ2n) is 6.95. The van der Waals surface area contributed by atoms with Crippen LogP contribution in [0.15, 0.2) is 51.5 Å². The number of thiophene rings is 1. The molecule has 1 amide bonds. The molecule has 29 heavy (non-hydrogen) atoms. The number of furan rings is 1. The highest BCUT2D eigenvalue weighted by Crippen LogP contribution is 2.43. The van der Waals surface area contributed by atoms with Crippen molar-refractivity contribution in [3.63, 3.8) is 0 Å². The van der Waals surface area contributed by atoms with E-state index in [2.05, 4.69) is 0 Å². The van der Waals surface area contributed by atoms with Crippen LogP contribution in [0.3, 0.4) is 0 Å². The molecular formula is C22H21NO5S. The van der Waals surface area contributed by atoms with Crippen LogP contribution in [0.1, 0.15) is 40.4 Å². The van der Waals surface area contributed by atoms with Crippen molar-refractivity contribution in [2.45, 2.75) is 26.3 Å². The van der Waals surface area contributed by atoms with Crippen molar-refractivity contribution in [3.05, 3.63) is 63.2 Å². The standard InChI is InChI=1S/C22H21NO5S/c1-4-9-23-17(21-12(2)8-10-29-21)16(19(25)22(23)26)18(24)15-11-13-6-5-7-14(27-3)20(13)28-15/h5-8,10-11,17,25H,4,9H2,1-3H3. The number of aliphatic hydroxyl groups is 1. The Hall–Kier alpha value is -3.06. The zero-order valence-corrected chi connectivity index (χ0v) is 17.2. The van der Waals surface area contributed by atoms with Crippen molar-refractivity contribution in [1.29, 1.82) is 0 Å². The van der Waals surface area contributed by atoms with E-state index in [1.54, 1.807) is 17.0 Å². The number of rotatable bonds is 6. The number of benzene rings is 1. The van der Waals surface area contributed by atoms with Crippen molar-refractivity contribution in [2.75, 3.05) is 13.7 Å². The second kappa shape index (κ2) is 7.40. The third-order valence-corrected chi connectivity index (χ3v) is 6.19. The Bertz CT molecular complexity index is 1140. The predicted octanol–water partition coefficient (Wildman–Crippen LogP) is 4.80. The number of carbonyl (C=O) groups is 2. The summed E-state index contributed by atoms with van der Waals surface area (Å²) in [5.74, 6) is -0.946. The molecular weight excluding hydrogens is 390 g/mol. The molecule has 4 rings (SSSR count). The van der Waals surface area contributed by atoms with Crippen molar-refractivity contribution in [3.8, 4) is 5.75 Å². The minimum atomic E-state index is -0.620. The molecule has 6 nitrogen and oxygen atoms in total. The Kier molecular flexibility index (Phi) is 4.92. The first-order chi connectivity index (χ1) is 14.0. The van der Waals surface area contributed by atoms with E-state index in [-0.39, 0.29) is 11.3 Å². The molecule has 3 heterocycles. The largest absolute Gasteiger partial charge is 0.503 e. The van der Waals surface area contributed by atoms with Crippen LogP contribution in [-0.2, 0) is 4.79 Å². The summed E-state index contributed by atoms with van der Waals surface area (Å²) in [6.07, 6.45) is 0.712. The molecule has 1 aliphatic rings. The monoisotopic (exact) mass is 411 g/mol. The van der Waals surface area contributed by atoms with Gasteiger partial charge in [-0.2, -0.15) is 0 Å². The van der Waals surface area contributed by atoms with Crippen LogP contribution in [-0.4, -0.2) is 35.4 Å². The number of para-hydroxylation sites is 1. The van der Waals surface area contributed by atoms with E-state index in [9.17, 15) is 14.7 Å². The summed E-state index contributed by atoms with van der Waals surface area (Å²) < 4.78 is 11.1. The van der Waals surface area contributed by atoms with Crippen LogP contribution in [0.5, 0.6) is 5.75 Å². The number of ether oxygens (including phenoxy) is 1. The van der Waals surface area contributed by atoms with Crippen LogP contribution in [0.4, 0.5) is 0 Å². The Labute approximate surface area is 172 Å².